The molecule has 3 aliphatic rings. The lowest BCUT2D eigenvalue weighted by molar-refractivity contribution is -0.140. The maximum absolute atomic E-state index is 12.3. The van der Waals surface area contributed by atoms with Crippen molar-refractivity contribution in [1.29, 1.82) is 0 Å². The summed E-state index contributed by atoms with van der Waals surface area (Å²) in [5, 5.41) is 2.49. The van der Waals surface area contributed by atoms with Crippen LogP contribution in [-0.2, 0) is 14.3 Å². The second kappa shape index (κ2) is 5.50. The van der Waals surface area contributed by atoms with Crippen LogP contribution in [0.25, 0.3) is 0 Å². The van der Waals surface area contributed by atoms with Gasteiger partial charge in [0.1, 0.15) is 6.67 Å². The number of hydrogen-bond acceptors (Lipinski definition) is 4. The number of likely N-dealkylation sites (tertiary alicyclic amines) is 1. The molecule has 0 radical (unpaired) electrons. The van der Waals surface area contributed by atoms with Crippen LogP contribution in [0.1, 0.15) is 26.2 Å². The predicted molar refractivity (Wildman–Crippen MR) is 73.8 cm³/mol. The van der Waals surface area contributed by atoms with Gasteiger partial charge in [0.25, 0.3) is 0 Å². The average molecular weight is 292 g/mol. The lowest BCUT2D eigenvalue weighted by atomic mass is 9.85. The second-order valence-corrected chi connectivity index (χ2v) is 5.93. The van der Waals surface area contributed by atoms with Gasteiger partial charge >= 0.3 is 6.09 Å². The Kier molecular flexibility index (Phi) is 3.69. The largest absolute Gasteiger partial charge is 0.450 e. The van der Waals surface area contributed by atoms with Crippen molar-refractivity contribution in [1.82, 2.24) is 10.2 Å². The van der Waals surface area contributed by atoms with Gasteiger partial charge < -0.3 is 10.1 Å². The number of fused-ring (bicyclic) bond motifs is 5. The molecule has 1 heterocycles. The summed E-state index contributed by atoms with van der Waals surface area (Å²) in [6, 6.07) is 0. The van der Waals surface area contributed by atoms with Crippen molar-refractivity contribution in [2.75, 3.05) is 13.3 Å². The molecular formula is C15H20N2O4. The zero-order valence-corrected chi connectivity index (χ0v) is 12.1. The van der Waals surface area contributed by atoms with Crippen molar-refractivity contribution in [2.45, 2.75) is 26.2 Å². The second-order valence-electron chi connectivity index (χ2n) is 5.93. The van der Waals surface area contributed by atoms with E-state index in [1.54, 1.807) is 0 Å². The monoisotopic (exact) mass is 292 g/mol. The minimum absolute atomic E-state index is 0.0882. The Morgan fingerprint density at radius 1 is 1.29 bits per heavy atom. The molecule has 0 unspecified atom stereocenters. The van der Waals surface area contributed by atoms with Crippen LogP contribution in [0.5, 0.6) is 0 Å². The highest BCUT2D eigenvalue weighted by Gasteiger charge is 2.59. The maximum atomic E-state index is 12.3. The molecule has 3 amide bonds. The van der Waals surface area contributed by atoms with Crippen molar-refractivity contribution in [3.05, 3.63) is 12.2 Å². The molecule has 4 atom stereocenters. The molecule has 0 aromatic heterocycles. The smallest absolute Gasteiger partial charge is 0.408 e. The fourth-order valence-corrected chi connectivity index (χ4v) is 3.62. The van der Waals surface area contributed by atoms with Crippen molar-refractivity contribution < 1.29 is 19.1 Å². The Bertz CT molecular complexity index is 472. The zero-order chi connectivity index (χ0) is 15.0. The van der Waals surface area contributed by atoms with Gasteiger partial charge in [-0.25, -0.2) is 4.79 Å². The molecular weight excluding hydrogens is 272 g/mol. The Balaban J connectivity index is 1.55. The van der Waals surface area contributed by atoms with Crippen LogP contribution in [0.15, 0.2) is 12.2 Å². The van der Waals surface area contributed by atoms with Gasteiger partial charge in [-0.05, 0) is 24.7 Å². The van der Waals surface area contributed by atoms with Crippen LogP contribution in [0.4, 0.5) is 4.79 Å². The molecule has 6 heteroatoms. The molecule has 2 fully saturated rings. The molecule has 1 aliphatic heterocycles. The number of nitrogens with zero attached hydrogens (tertiary/aromatic N) is 1. The van der Waals surface area contributed by atoms with Crippen molar-refractivity contribution >= 4 is 17.9 Å². The third kappa shape index (κ3) is 2.32. The third-order valence-corrected chi connectivity index (χ3v) is 4.67. The minimum Gasteiger partial charge on any atom is -0.450 e. The van der Waals surface area contributed by atoms with Crippen LogP contribution in [0.3, 0.4) is 0 Å². The van der Waals surface area contributed by atoms with Gasteiger partial charge in [0.15, 0.2) is 0 Å². The zero-order valence-electron chi connectivity index (χ0n) is 12.1. The van der Waals surface area contributed by atoms with Crippen molar-refractivity contribution in [3.63, 3.8) is 0 Å². The number of amides is 3. The molecule has 0 aromatic rings. The standard InChI is InChI=1S/C15H20N2O4/c1-2-3-6-21-15(20)16-8-17-13(18)11-9-4-5-10(7-9)12(11)14(17)19/h4-5,9-12H,2-3,6-8H2,1H3,(H,16,20)/t9-,10-,11+,12+/m0/s1. The highest BCUT2D eigenvalue weighted by molar-refractivity contribution is 6.06. The quantitative estimate of drug-likeness (QED) is 0.470. The number of carbonyl (C=O) groups excluding carboxylic acids is 3. The Morgan fingerprint density at radius 3 is 2.48 bits per heavy atom. The fourth-order valence-electron chi connectivity index (χ4n) is 3.62. The van der Waals surface area contributed by atoms with Gasteiger partial charge in [0.2, 0.25) is 11.8 Å². The molecule has 21 heavy (non-hydrogen) atoms. The lowest BCUT2D eigenvalue weighted by Crippen LogP contribution is -2.42. The van der Waals surface area contributed by atoms with Crippen LogP contribution >= 0.6 is 0 Å². The molecule has 0 aromatic carbocycles. The molecule has 6 nitrogen and oxygen atoms in total. The normalized spacial score (nSPS) is 32.7. The summed E-state index contributed by atoms with van der Waals surface area (Å²) < 4.78 is 4.95. The van der Waals surface area contributed by atoms with Gasteiger partial charge in [-0.15, -0.1) is 0 Å². The highest BCUT2D eigenvalue weighted by atomic mass is 16.5. The first kappa shape index (κ1) is 14.1. The Morgan fingerprint density at radius 2 is 1.90 bits per heavy atom. The third-order valence-electron chi connectivity index (χ3n) is 4.67. The molecule has 1 saturated carbocycles. The van der Waals surface area contributed by atoms with Gasteiger partial charge in [0.05, 0.1) is 18.4 Å². The summed E-state index contributed by atoms with van der Waals surface area (Å²) in [6.07, 6.45) is 6.17. The van der Waals surface area contributed by atoms with Crippen molar-refractivity contribution in [2.24, 2.45) is 23.7 Å². The van der Waals surface area contributed by atoms with E-state index in [4.69, 9.17) is 4.74 Å². The van der Waals surface area contributed by atoms with E-state index < -0.39 is 6.09 Å². The molecule has 114 valence electrons. The summed E-state index contributed by atoms with van der Waals surface area (Å²) in [5.74, 6) is -0.363. The molecule has 0 spiro atoms. The van der Waals surface area contributed by atoms with E-state index in [1.165, 1.54) is 4.90 Å². The van der Waals surface area contributed by atoms with E-state index in [0.717, 1.165) is 19.3 Å². The number of ether oxygens (including phenoxy) is 1. The number of unbranched alkanes of at least 4 members (excludes halogenated alkanes) is 1. The van der Waals surface area contributed by atoms with Crippen LogP contribution in [-0.4, -0.2) is 36.1 Å². The van der Waals surface area contributed by atoms with E-state index in [-0.39, 0.29) is 42.2 Å². The van der Waals surface area contributed by atoms with E-state index in [0.29, 0.717) is 6.61 Å². The highest BCUT2D eigenvalue weighted by Crippen LogP contribution is 2.52. The molecule has 3 rings (SSSR count). The summed E-state index contributed by atoms with van der Waals surface area (Å²) in [4.78, 5) is 37.3. The molecule has 2 bridgehead atoms. The van der Waals surface area contributed by atoms with Crippen molar-refractivity contribution in [3.8, 4) is 0 Å². The maximum Gasteiger partial charge on any atom is 0.408 e. The Hall–Kier alpha value is -1.85. The first-order valence-corrected chi connectivity index (χ1v) is 7.57. The Labute approximate surface area is 123 Å². The number of alkyl carbamates (subject to hydrolysis) is 1. The predicted octanol–water partition coefficient (Wildman–Crippen LogP) is 1.28. The van der Waals surface area contributed by atoms with Gasteiger partial charge in [0, 0.05) is 0 Å². The number of carbonyl (C=O) groups is 3. The average Bonchev–Trinajstić information content (AvgIpc) is 3.13. The molecule has 1 saturated heterocycles. The minimum atomic E-state index is -0.581. The molecule has 2 aliphatic carbocycles. The van der Waals surface area contributed by atoms with Gasteiger partial charge in [-0.3, -0.25) is 14.5 Å². The number of rotatable bonds is 5. The van der Waals surface area contributed by atoms with Crippen LogP contribution < -0.4 is 5.32 Å². The summed E-state index contributed by atoms with van der Waals surface area (Å²) in [5.41, 5.74) is 0. The molecule has 1 N–H and O–H groups in total. The van der Waals surface area contributed by atoms with Gasteiger partial charge in [-0.2, -0.15) is 0 Å². The number of allylic oxidation sites excluding steroid dienone is 2. The van der Waals surface area contributed by atoms with E-state index in [2.05, 4.69) is 5.32 Å². The summed E-state index contributed by atoms with van der Waals surface area (Å²) in [6.45, 7) is 2.27. The number of imide groups is 1. The number of hydrogen-bond donors (Lipinski definition) is 1. The summed E-state index contributed by atoms with van der Waals surface area (Å²) >= 11 is 0. The topological polar surface area (TPSA) is 75.7 Å². The SMILES string of the molecule is CCCCOC(=O)NCN1C(=O)[C@H]2[C@H](C1=O)[C@H]1C=C[C@H]2C1. The lowest BCUT2D eigenvalue weighted by Gasteiger charge is -2.17. The van der Waals surface area contributed by atoms with E-state index in [9.17, 15) is 14.4 Å². The van der Waals surface area contributed by atoms with E-state index in [1.807, 2.05) is 19.1 Å². The van der Waals surface area contributed by atoms with Crippen LogP contribution in [0, 0.1) is 23.7 Å². The fraction of sp³-hybridized carbons (Fsp3) is 0.667. The first-order chi connectivity index (χ1) is 10.1. The first-order valence-electron chi connectivity index (χ1n) is 7.57. The van der Waals surface area contributed by atoms with Gasteiger partial charge in [-0.1, -0.05) is 25.5 Å². The number of nitrogens with one attached hydrogen (secondary N) is 1. The van der Waals surface area contributed by atoms with Crippen LogP contribution in [0.2, 0.25) is 0 Å². The van der Waals surface area contributed by atoms with E-state index >= 15 is 0 Å². The summed E-state index contributed by atoms with van der Waals surface area (Å²) in [7, 11) is 0.